The molecule has 0 radical (unpaired) electrons. The monoisotopic (exact) mass is 503 g/mol. The highest BCUT2D eigenvalue weighted by Crippen LogP contribution is 2.40. The van der Waals surface area contributed by atoms with Crippen LogP contribution in [0.25, 0.3) is 22.4 Å². The van der Waals surface area contributed by atoms with Gasteiger partial charge in [-0.2, -0.15) is 4.99 Å². The number of benzene rings is 2. The summed E-state index contributed by atoms with van der Waals surface area (Å²) in [4.78, 5) is 13.1. The molecule has 0 saturated carbocycles. The maximum absolute atomic E-state index is 14.1. The number of halogens is 2. The predicted molar refractivity (Wildman–Crippen MR) is 134 cm³/mol. The molecule has 2 aromatic heterocycles. The van der Waals surface area contributed by atoms with E-state index in [9.17, 15) is 9.60 Å². The third kappa shape index (κ3) is 3.63. The molecule has 2 aliphatic rings. The van der Waals surface area contributed by atoms with Gasteiger partial charge >= 0.3 is 5.96 Å². The number of nitrogens with two attached hydrogens (primary N) is 1. The smallest absolute Gasteiger partial charge is 0.308 e. The van der Waals surface area contributed by atoms with Crippen molar-refractivity contribution in [2.24, 2.45) is 15.8 Å². The third-order valence-electron chi connectivity index (χ3n) is 6.16. The first kappa shape index (κ1) is 22.4. The number of fused-ring (bicyclic) bond motifs is 2. The lowest BCUT2D eigenvalue weighted by Crippen LogP contribution is -2.57. The lowest BCUT2D eigenvalue weighted by molar-refractivity contribution is -0.695. The highest BCUT2D eigenvalue weighted by molar-refractivity contribution is 6.31. The normalized spacial score (nSPS) is 19.5. The zero-order valence-corrected chi connectivity index (χ0v) is 19.8. The topological polar surface area (TPSA) is 116 Å². The molecule has 0 spiro atoms. The van der Waals surface area contributed by atoms with Crippen LogP contribution in [0.1, 0.15) is 22.4 Å². The fraction of sp³-hybridized carbons (Fsp3) is 0.120. The van der Waals surface area contributed by atoms with Crippen LogP contribution < -0.4 is 5.73 Å². The molecule has 2 N–H and O–H groups in total. The Bertz CT molecular complexity index is 1600. The van der Waals surface area contributed by atoms with E-state index < -0.39 is 4.65 Å². The zero-order valence-electron chi connectivity index (χ0n) is 19.0. The minimum Gasteiger partial charge on any atom is -0.617 e. The van der Waals surface area contributed by atoms with Crippen molar-refractivity contribution in [3.8, 4) is 0 Å². The average Bonchev–Trinajstić information content (AvgIpc) is 3.46. The van der Waals surface area contributed by atoms with Gasteiger partial charge in [-0.25, -0.2) is 19.0 Å². The van der Waals surface area contributed by atoms with E-state index in [1.54, 1.807) is 35.3 Å². The number of amidine groups is 1. The second-order valence-corrected chi connectivity index (χ2v) is 9.07. The summed E-state index contributed by atoms with van der Waals surface area (Å²) in [5.74, 6) is -0.378. The number of quaternary nitrogens is 1. The highest BCUT2D eigenvalue weighted by atomic mass is 35.5. The summed E-state index contributed by atoms with van der Waals surface area (Å²) in [5.41, 5.74) is 11.2. The van der Waals surface area contributed by atoms with Crippen LogP contribution in [-0.2, 0) is 6.54 Å². The number of aryl methyl sites for hydroxylation is 1. The van der Waals surface area contributed by atoms with E-state index in [-0.39, 0.29) is 30.8 Å². The van der Waals surface area contributed by atoms with Crippen LogP contribution in [0.3, 0.4) is 0 Å². The second-order valence-electron chi connectivity index (χ2n) is 8.63. The molecular formula is C25H19ClFN7O2. The van der Waals surface area contributed by atoms with Crippen molar-refractivity contribution >= 4 is 45.8 Å². The second kappa shape index (κ2) is 8.23. The van der Waals surface area contributed by atoms with Gasteiger partial charge in [-0.3, -0.25) is 4.98 Å². The van der Waals surface area contributed by atoms with Crippen LogP contribution in [0.2, 0.25) is 5.02 Å². The van der Waals surface area contributed by atoms with Crippen LogP contribution in [0.4, 0.5) is 4.39 Å². The van der Waals surface area contributed by atoms with Crippen LogP contribution in [0, 0.1) is 17.9 Å². The highest BCUT2D eigenvalue weighted by Gasteiger charge is 2.46. The van der Waals surface area contributed by atoms with Crippen molar-refractivity contribution < 1.29 is 13.5 Å². The standard InChI is InChI=1S/C25H19ClFN7O2/c1-14-8-16(9-20-22(14)30-12-36-20)21-23(15-2-5-18(27)6-3-15)31-25(28)34(35)13-33(32-24(21)34)11-19-7-4-17(26)10-29-19/h2-10,12H,11,13H2,1H3,(H2,28,31). The van der Waals surface area contributed by atoms with Crippen molar-refractivity contribution in [1.82, 2.24) is 15.0 Å². The zero-order chi connectivity index (χ0) is 25.0. The first-order chi connectivity index (χ1) is 17.3. The summed E-state index contributed by atoms with van der Waals surface area (Å²) < 4.78 is 18.2. The number of pyridine rings is 1. The van der Waals surface area contributed by atoms with Crippen molar-refractivity contribution in [3.05, 3.63) is 99.6 Å². The third-order valence-corrected chi connectivity index (χ3v) is 6.39. The molecule has 0 saturated heterocycles. The molecule has 0 amide bonds. The van der Waals surface area contributed by atoms with Crippen LogP contribution >= 0.6 is 11.6 Å². The van der Waals surface area contributed by atoms with Gasteiger partial charge in [0.05, 0.1) is 28.5 Å². The molecule has 6 rings (SSSR count). The van der Waals surface area contributed by atoms with Gasteiger partial charge in [-0.15, -0.1) is 5.10 Å². The Morgan fingerprint density at radius 2 is 1.94 bits per heavy atom. The Morgan fingerprint density at radius 1 is 1.14 bits per heavy atom. The molecule has 11 heteroatoms. The van der Waals surface area contributed by atoms with Crippen LogP contribution in [0.5, 0.6) is 0 Å². The summed E-state index contributed by atoms with van der Waals surface area (Å²) in [5, 5.41) is 20.9. The SMILES string of the molecule is Cc1cc(C2=C(c3ccc(F)cc3)N=C(N)[N+]3([O-])CN(Cc4ccc(Cl)cn4)N=C23)cc2ocnc12. The van der Waals surface area contributed by atoms with Gasteiger partial charge < -0.3 is 15.4 Å². The van der Waals surface area contributed by atoms with Gasteiger partial charge in [0.1, 0.15) is 11.3 Å². The number of guanidine groups is 1. The first-order valence-corrected chi connectivity index (χ1v) is 11.4. The molecule has 0 aliphatic carbocycles. The average molecular weight is 504 g/mol. The molecule has 0 bridgehead atoms. The number of nitrogens with zero attached hydrogens (tertiary/aromatic N) is 6. The van der Waals surface area contributed by atoms with Gasteiger partial charge in [0.15, 0.2) is 18.6 Å². The van der Waals surface area contributed by atoms with Gasteiger partial charge in [0, 0.05) is 11.8 Å². The Kier molecular flexibility index (Phi) is 5.11. The molecule has 1 unspecified atom stereocenters. The predicted octanol–water partition coefficient (Wildman–Crippen LogP) is 4.62. The van der Waals surface area contributed by atoms with E-state index in [4.69, 9.17) is 26.9 Å². The number of oxazole rings is 1. The van der Waals surface area contributed by atoms with Crippen LogP contribution in [0.15, 0.2) is 75.6 Å². The number of hydrazone groups is 1. The van der Waals surface area contributed by atoms with E-state index in [1.165, 1.54) is 24.7 Å². The van der Waals surface area contributed by atoms with Gasteiger partial charge in [-0.1, -0.05) is 11.6 Å². The van der Waals surface area contributed by atoms with Gasteiger partial charge in [0.25, 0.3) is 5.84 Å². The fourth-order valence-electron chi connectivity index (χ4n) is 4.44. The maximum Gasteiger partial charge on any atom is 0.308 e. The fourth-order valence-corrected chi connectivity index (χ4v) is 4.55. The van der Waals surface area contributed by atoms with Crippen molar-refractivity contribution in [2.75, 3.05) is 6.67 Å². The molecule has 4 heterocycles. The number of rotatable bonds is 4. The molecule has 1 atom stereocenters. The minimum absolute atomic E-state index is 0.0846. The molecule has 180 valence electrons. The molecule has 4 aromatic rings. The number of hydrogen-bond acceptors (Lipinski definition) is 8. The largest absolute Gasteiger partial charge is 0.617 e. The minimum atomic E-state index is -1.05. The summed E-state index contributed by atoms with van der Waals surface area (Å²) in [6.07, 6.45) is 2.91. The maximum atomic E-state index is 14.1. The number of hydrogen-bond donors (Lipinski definition) is 1. The Morgan fingerprint density at radius 3 is 2.69 bits per heavy atom. The first-order valence-electron chi connectivity index (χ1n) is 11.0. The number of aliphatic imine (C=N–C) groups is 1. The van der Waals surface area contributed by atoms with E-state index in [2.05, 4.69) is 15.0 Å². The summed E-state index contributed by atoms with van der Waals surface area (Å²) >= 11 is 5.96. The summed E-state index contributed by atoms with van der Waals surface area (Å²) in [6, 6.07) is 13.0. The van der Waals surface area contributed by atoms with E-state index >= 15 is 0 Å². The van der Waals surface area contributed by atoms with E-state index in [1.807, 2.05) is 13.0 Å². The Hall–Kier alpha value is -4.12. The van der Waals surface area contributed by atoms with E-state index in [0.717, 1.165) is 5.56 Å². The number of hydroxylamine groups is 3. The molecule has 9 nitrogen and oxygen atoms in total. The molecule has 2 aliphatic heterocycles. The molecule has 36 heavy (non-hydrogen) atoms. The summed E-state index contributed by atoms with van der Waals surface area (Å²) in [7, 11) is 0. The quantitative estimate of drug-likeness (QED) is 0.321. The summed E-state index contributed by atoms with van der Waals surface area (Å²) in [6.45, 7) is 2.09. The van der Waals surface area contributed by atoms with Crippen LogP contribution in [-0.4, -0.2) is 38.1 Å². The molecule has 2 aromatic carbocycles. The Labute approximate surface area is 209 Å². The van der Waals surface area contributed by atoms with Gasteiger partial charge in [0.2, 0.25) is 0 Å². The lowest BCUT2D eigenvalue weighted by Gasteiger charge is -2.39. The van der Waals surface area contributed by atoms with E-state index in [0.29, 0.717) is 44.2 Å². The molecule has 0 fully saturated rings. The van der Waals surface area contributed by atoms with Crippen molar-refractivity contribution in [2.45, 2.75) is 13.5 Å². The van der Waals surface area contributed by atoms with Gasteiger partial charge in [-0.05, 0) is 66.6 Å². The Balaban J connectivity index is 1.55. The lowest BCUT2D eigenvalue weighted by atomic mass is 9.95. The number of aromatic nitrogens is 2. The van der Waals surface area contributed by atoms with Crippen molar-refractivity contribution in [1.29, 1.82) is 0 Å². The molecular weight excluding hydrogens is 485 g/mol. The van der Waals surface area contributed by atoms with Crippen molar-refractivity contribution in [3.63, 3.8) is 0 Å².